The highest BCUT2D eigenvalue weighted by atomic mass is 19.4. The second kappa shape index (κ2) is 7.86. The molecular formula is C25H19F4N3O2. The molecule has 0 aliphatic carbocycles. The van der Waals surface area contributed by atoms with Crippen molar-refractivity contribution >= 4 is 22.5 Å². The molecule has 0 spiro atoms. The fourth-order valence-corrected chi connectivity index (χ4v) is 4.35. The maximum absolute atomic E-state index is 13.3. The van der Waals surface area contributed by atoms with Gasteiger partial charge in [-0.25, -0.2) is 9.07 Å². The van der Waals surface area contributed by atoms with Gasteiger partial charge in [0.2, 0.25) is 0 Å². The standard InChI is InChI=1S/C25H19F4N3O2/c1-14-3-9-22-20(11-14)23(15(2)31(22)24(33)25(27,28)29)34-19-8-10-21-16(12-19)13-30-32(21)18-6-4-17(26)5-7-18/h3-13,15,23H,1-2H3/t15-,23-/m0/s1. The molecule has 0 bridgehead atoms. The first-order valence-electron chi connectivity index (χ1n) is 10.5. The molecule has 4 aromatic rings. The third kappa shape index (κ3) is 3.67. The number of ether oxygens (including phenoxy) is 1. The summed E-state index contributed by atoms with van der Waals surface area (Å²) in [5.41, 5.74) is 2.99. The van der Waals surface area contributed by atoms with Crippen LogP contribution < -0.4 is 9.64 Å². The fourth-order valence-electron chi connectivity index (χ4n) is 4.35. The smallest absolute Gasteiger partial charge is 0.471 e. The van der Waals surface area contributed by atoms with Crippen LogP contribution in [-0.4, -0.2) is 27.9 Å². The average molecular weight is 469 g/mol. The van der Waals surface area contributed by atoms with E-state index in [1.807, 2.05) is 6.92 Å². The van der Waals surface area contributed by atoms with Crippen LogP contribution >= 0.6 is 0 Å². The van der Waals surface area contributed by atoms with Crippen LogP contribution in [0.2, 0.25) is 0 Å². The summed E-state index contributed by atoms with van der Waals surface area (Å²) in [6.45, 7) is 3.36. The number of carbonyl (C=O) groups is 1. The van der Waals surface area contributed by atoms with Gasteiger partial charge in [-0.05, 0) is 62.4 Å². The van der Waals surface area contributed by atoms with E-state index in [2.05, 4.69) is 5.10 Å². The summed E-state index contributed by atoms with van der Waals surface area (Å²) < 4.78 is 60.9. The molecule has 0 saturated carbocycles. The first kappa shape index (κ1) is 21.9. The number of fused-ring (bicyclic) bond motifs is 2. The molecule has 0 unspecified atom stereocenters. The highest BCUT2D eigenvalue weighted by Gasteiger charge is 2.50. The third-order valence-corrected chi connectivity index (χ3v) is 5.93. The van der Waals surface area contributed by atoms with Gasteiger partial charge in [0.05, 0.1) is 29.1 Å². The molecule has 5 nitrogen and oxygen atoms in total. The van der Waals surface area contributed by atoms with Gasteiger partial charge in [0.15, 0.2) is 0 Å². The van der Waals surface area contributed by atoms with Crippen LogP contribution in [0.1, 0.15) is 24.2 Å². The molecule has 0 radical (unpaired) electrons. The molecule has 1 amide bonds. The molecule has 0 saturated heterocycles. The summed E-state index contributed by atoms with van der Waals surface area (Å²) in [7, 11) is 0. The molecule has 174 valence electrons. The molecule has 2 heterocycles. The number of halogens is 4. The van der Waals surface area contributed by atoms with Gasteiger partial charge in [-0.3, -0.25) is 9.69 Å². The number of hydrogen-bond donors (Lipinski definition) is 0. The van der Waals surface area contributed by atoms with Crippen molar-refractivity contribution in [1.82, 2.24) is 9.78 Å². The zero-order chi connectivity index (χ0) is 24.2. The van der Waals surface area contributed by atoms with Crippen molar-refractivity contribution in [2.75, 3.05) is 4.90 Å². The molecule has 2 atom stereocenters. The number of amides is 1. The Morgan fingerprint density at radius 3 is 2.47 bits per heavy atom. The Labute approximate surface area is 192 Å². The number of aryl methyl sites for hydroxylation is 1. The molecule has 0 fully saturated rings. The quantitative estimate of drug-likeness (QED) is 0.352. The number of anilines is 1. The van der Waals surface area contributed by atoms with Crippen molar-refractivity contribution < 1.29 is 27.1 Å². The van der Waals surface area contributed by atoms with Crippen LogP contribution in [-0.2, 0) is 4.79 Å². The van der Waals surface area contributed by atoms with Gasteiger partial charge in [0, 0.05) is 10.9 Å². The second-order valence-electron chi connectivity index (χ2n) is 8.27. The van der Waals surface area contributed by atoms with E-state index in [4.69, 9.17) is 4.74 Å². The lowest BCUT2D eigenvalue weighted by atomic mass is 10.0. The first-order chi connectivity index (χ1) is 16.1. The van der Waals surface area contributed by atoms with Gasteiger partial charge in [-0.1, -0.05) is 17.7 Å². The molecule has 9 heteroatoms. The van der Waals surface area contributed by atoms with E-state index in [0.717, 1.165) is 21.4 Å². The van der Waals surface area contributed by atoms with Gasteiger partial charge in [0.1, 0.15) is 17.7 Å². The number of nitrogens with zero attached hydrogens (tertiary/aromatic N) is 3. The van der Waals surface area contributed by atoms with Gasteiger partial charge >= 0.3 is 12.1 Å². The Morgan fingerprint density at radius 2 is 1.76 bits per heavy atom. The lowest BCUT2D eigenvalue weighted by Crippen LogP contribution is -2.45. The normalized spacial score (nSPS) is 17.8. The number of hydrogen-bond acceptors (Lipinski definition) is 3. The maximum atomic E-state index is 13.3. The summed E-state index contributed by atoms with van der Waals surface area (Å²) in [5.74, 6) is -1.85. The molecule has 5 rings (SSSR count). The van der Waals surface area contributed by atoms with Crippen molar-refractivity contribution in [1.29, 1.82) is 0 Å². The molecule has 0 N–H and O–H groups in total. The van der Waals surface area contributed by atoms with Crippen LogP contribution in [0, 0.1) is 12.7 Å². The lowest BCUT2D eigenvalue weighted by Gasteiger charge is -2.26. The van der Waals surface area contributed by atoms with Crippen LogP contribution in [0.25, 0.3) is 16.6 Å². The minimum absolute atomic E-state index is 0.190. The summed E-state index contributed by atoms with van der Waals surface area (Å²) in [6, 6.07) is 15.2. The van der Waals surface area contributed by atoms with Gasteiger partial charge < -0.3 is 4.74 Å². The van der Waals surface area contributed by atoms with E-state index in [1.54, 1.807) is 53.3 Å². The number of alkyl halides is 3. The van der Waals surface area contributed by atoms with E-state index in [1.165, 1.54) is 25.1 Å². The Hall–Kier alpha value is -3.88. The number of rotatable bonds is 3. The zero-order valence-corrected chi connectivity index (χ0v) is 18.2. The molecule has 1 aliphatic rings. The van der Waals surface area contributed by atoms with Gasteiger partial charge in [-0.2, -0.15) is 18.3 Å². The van der Waals surface area contributed by atoms with E-state index in [9.17, 15) is 22.4 Å². The Morgan fingerprint density at radius 1 is 1.03 bits per heavy atom. The molecule has 1 aromatic heterocycles. The Kier molecular flexibility index (Phi) is 5.07. The predicted octanol–water partition coefficient (Wildman–Crippen LogP) is 5.89. The van der Waals surface area contributed by atoms with Gasteiger partial charge in [-0.15, -0.1) is 0 Å². The Bertz CT molecular complexity index is 1400. The lowest BCUT2D eigenvalue weighted by molar-refractivity contribution is -0.171. The number of aromatic nitrogens is 2. The summed E-state index contributed by atoms with van der Waals surface area (Å²) >= 11 is 0. The first-order valence-corrected chi connectivity index (χ1v) is 10.5. The topological polar surface area (TPSA) is 47.4 Å². The van der Waals surface area contributed by atoms with Crippen LogP contribution in [0.4, 0.5) is 23.2 Å². The summed E-state index contributed by atoms with van der Waals surface area (Å²) in [4.78, 5) is 12.9. The minimum atomic E-state index is -5.00. The van der Waals surface area contributed by atoms with Crippen molar-refractivity contribution in [2.45, 2.75) is 32.2 Å². The van der Waals surface area contributed by atoms with E-state index < -0.39 is 24.2 Å². The summed E-state index contributed by atoms with van der Waals surface area (Å²) in [6.07, 6.45) is -4.16. The SMILES string of the molecule is Cc1ccc2c(c1)[C@@H](Oc1ccc3c(cnn3-c3ccc(F)cc3)c1)[C@H](C)N2C(=O)C(F)(F)F. The molecular weight excluding hydrogens is 450 g/mol. The van der Waals surface area contributed by atoms with Crippen molar-refractivity contribution in [3.63, 3.8) is 0 Å². The number of carbonyl (C=O) groups excluding carboxylic acids is 1. The highest BCUT2D eigenvalue weighted by Crippen LogP contribution is 2.44. The zero-order valence-electron chi connectivity index (χ0n) is 18.2. The predicted molar refractivity (Wildman–Crippen MR) is 119 cm³/mol. The van der Waals surface area contributed by atoms with E-state index in [-0.39, 0.29) is 11.5 Å². The van der Waals surface area contributed by atoms with Crippen molar-refractivity contribution in [3.05, 3.63) is 83.8 Å². The second-order valence-corrected chi connectivity index (χ2v) is 8.27. The molecule has 1 aliphatic heterocycles. The Balaban J connectivity index is 1.49. The summed E-state index contributed by atoms with van der Waals surface area (Å²) in [5, 5.41) is 5.09. The highest BCUT2D eigenvalue weighted by molar-refractivity contribution is 6.00. The van der Waals surface area contributed by atoms with Crippen LogP contribution in [0.15, 0.2) is 66.9 Å². The van der Waals surface area contributed by atoms with Crippen LogP contribution in [0.3, 0.4) is 0 Å². The largest absolute Gasteiger partial charge is 0.483 e. The monoisotopic (exact) mass is 469 g/mol. The molecule has 34 heavy (non-hydrogen) atoms. The van der Waals surface area contributed by atoms with Crippen LogP contribution in [0.5, 0.6) is 5.75 Å². The fraction of sp³-hybridized carbons (Fsp3) is 0.200. The molecule has 3 aromatic carbocycles. The average Bonchev–Trinajstić information content (AvgIpc) is 3.32. The van der Waals surface area contributed by atoms with Crippen molar-refractivity contribution in [3.8, 4) is 11.4 Å². The maximum Gasteiger partial charge on any atom is 0.471 e. The minimum Gasteiger partial charge on any atom is -0.483 e. The number of benzene rings is 3. The third-order valence-electron chi connectivity index (χ3n) is 5.93. The van der Waals surface area contributed by atoms with E-state index >= 15 is 0 Å². The van der Waals surface area contributed by atoms with Gasteiger partial charge in [0.25, 0.3) is 0 Å². The van der Waals surface area contributed by atoms with E-state index in [0.29, 0.717) is 17.0 Å². The van der Waals surface area contributed by atoms with Crippen molar-refractivity contribution in [2.24, 2.45) is 0 Å².